The van der Waals surface area contributed by atoms with Crippen LogP contribution in [0.2, 0.25) is 0 Å². The minimum atomic E-state index is 0.0512. The van der Waals surface area contributed by atoms with Gasteiger partial charge in [0.05, 0.1) is 12.7 Å². The van der Waals surface area contributed by atoms with E-state index in [1.165, 1.54) is 5.56 Å². The fourth-order valence-electron chi connectivity index (χ4n) is 3.73. The number of benzene rings is 1. The summed E-state index contributed by atoms with van der Waals surface area (Å²) in [6, 6.07) is 10.4. The highest BCUT2D eigenvalue weighted by molar-refractivity contribution is 5.78. The van der Waals surface area contributed by atoms with Crippen LogP contribution in [0.25, 0.3) is 0 Å². The molecule has 0 aliphatic heterocycles. The van der Waals surface area contributed by atoms with E-state index in [9.17, 15) is 4.79 Å². The van der Waals surface area contributed by atoms with Gasteiger partial charge in [-0.25, -0.2) is 0 Å². The SMILES string of the molecule is C=CCCC[C@@H](OCc1ccccc1)[C@H](CC)CCCNC(=O)[C@H](CC)CC=C. The lowest BCUT2D eigenvalue weighted by Crippen LogP contribution is -2.32. The third kappa shape index (κ3) is 10.5. The van der Waals surface area contributed by atoms with Crippen molar-refractivity contribution in [1.29, 1.82) is 0 Å². The van der Waals surface area contributed by atoms with Crippen LogP contribution in [0.15, 0.2) is 55.6 Å². The number of hydrogen-bond donors (Lipinski definition) is 1. The van der Waals surface area contributed by atoms with Crippen LogP contribution in [0.5, 0.6) is 0 Å². The highest BCUT2D eigenvalue weighted by Gasteiger charge is 2.21. The van der Waals surface area contributed by atoms with Crippen molar-refractivity contribution in [2.24, 2.45) is 11.8 Å². The second-order valence-corrected chi connectivity index (χ2v) is 7.79. The van der Waals surface area contributed by atoms with E-state index in [0.29, 0.717) is 12.5 Å². The summed E-state index contributed by atoms with van der Waals surface area (Å²) in [4.78, 5) is 12.3. The molecule has 0 heterocycles. The Morgan fingerprint density at radius 2 is 1.83 bits per heavy atom. The number of nitrogens with one attached hydrogen (secondary N) is 1. The molecule has 1 aromatic carbocycles. The smallest absolute Gasteiger partial charge is 0.223 e. The Morgan fingerprint density at radius 1 is 1.07 bits per heavy atom. The fraction of sp³-hybridized carbons (Fsp3) is 0.577. The lowest BCUT2D eigenvalue weighted by Gasteiger charge is -2.27. The van der Waals surface area contributed by atoms with Crippen LogP contribution in [-0.2, 0) is 16.1 Å². The molecule has 1 rings (SSSR count). The third-order valence-electron chi connectivity index (χ3n) is 5.62. The van der Waals surface area contributed by atoms with Gasteiger partial charge in [-0.1, -0.05) is 62.8 Å². The largest absolute Gasteiger partial charge is 0.373 e. The summed E-state index contributed by atoms with van der Waals surface area (Å²) in [7, 11) is 0. The average Bonchev–Trinajstić information content (AvgIpc) is 2.75. The molecule has 0 aromatic heterocycles. The standard InChI is InChI=1S/C26H41NO2/c1-5-9-11-19-25(29-21-22-16-12-10-13-17-22)23(7-3)18-14-20-27-26(28)24(8-4)15-6-2/h5-6,10,12-13,16-17,23-25H,1-2,7-9,11,14-15,18-21H2,3-4H3,(H,27,28)/t23-,24-,25-/m1/s1. The Kier molecular flexibility index (Phi) is 13.9. The molecule has 0 radical (unpaired) electrons. The Bertz CT molecular complexity index is 569. The van der Waals surface area contributed by atoms with Gasteiger partial charge in [0, 0.05) is 12.5 Å². The Morgan fingerprint density at radius 3 is 2.45 bits per heavy atom. The zero-order valence-corrected chi connectivity index (χ0v) is 18.6. The summed E-state index contributed by atoms with van der Waals surface area (Å²) in [5, 5.41) is 3.11. The predicted octanol–water partition coefficient (Wildman–Crippen LogP) is 6.45. The first-order chi connectivity index (χ1) is 14.2. The highest BCUT2D eigenvalue weighted by Crippen LogP contribution is 2.24. The van der Waals surface area contributed by atoms with Crippen molar-refractivity contribution in [2.75, 3.05) is 6.54 Å². The van der Waals surface area contributed by atoms with Crippen molar-refractivity contribution in [2.45, 2.75) is 77.9 Å². The van der Waals surface area contributed by atoms with Crippen molar-refractivity contribution < 1.29 is 9.53 Å². The van der Waals surface area contributed by atoms with Gasteiger partial charge in [-0.05, 0) is 56.4 Å². The molecule has 0 fully saturated rings. The van der Waals surface area contributed by atoms with Crippen LogP contribution in [0.3, 0.4) is 0 Å². The van der Waals surface area contributed by atoms with Crippen molar-refractivity contribution >= 4 is 5.91 Å². The van der Waals surface area contributed by atoms with Gasteiger partial charge in [0.1, 0.15) is 0 Å². The van der Waals surface area contributed by atoms with Crippen molar-refractivity contribution in [3.63, 3.8) is 0 Å². The number of rotatable bonds is 17. The maximum absolute atomic E-state index is 12.3. The van der Waals surface area contributed by atoms with Crippen molar-refractivity contribution in [3.05, 3.63) is 61.2 Å². The van der Waals surface area contributed by atoms with Crippen molar-refractivity contribution in [1.82, 2.24) is 5.32 Å². The second-order valence-electron chi connectivity index (χ2n) is 7.79. The molecule has 0 saturated carbocycles. The number of amides is 1. The minimum Gasteiger partial charge on any atom is -0.373 e. The zero-order chi connectivity index (χ0) is 21.3. The normalized spacial score (nSPS) is 14.0. The molecule has 0 aliphatic carbocycles. The summed E-state index contributed by atoms with van der Waals surface area (Å²) in [6.07, 6.45) is 12.0. The molecule has 1 N–H and O–H groups in total. The quantitative estimate of drug-likeness (QED) is 0.241. The number of unbranched alkanes of at least 4 members (excludes halogenated alkanes) is 1. The monoisotopic (exact) mass is 399 g/mol. The summed E-state index contributed by atoms with van der Waals surface area (Å²) >= 11 is 0. The Hall–Kier alpha value is -1.87. The van der Waals surface area contributed by atoms with Gasteiger partial charge in [-0.3, -0.25) is 4.79 Å². The van der Waals surface area contributed by atoms with Crippen LogP contribution < -0.4 is 5.32 Å². The number of carbonyl (C=O) groups is 1. The van der Waals surface area contributed by atoms with Crippen molar-refractivity contribution in [3.8, 4) is 0 Å². The van der Waals surface area contributed by atoms with E-state index in [1.807, 2.05) is 18.2 Å². The predicted molar refractivity (Wildman–Crippen MR) is 124 cm³/mol. The molecule has 3 heteroatoms. The first kappa shape index (κ1) is 25.2. The molecule has 0 aliphatic rings. The van der Waals surface area contributed by atoms with E-state index in [1.54, 1.807) is 0 Å². The number of ether oxygens (including phenoxy) is 1. The second kappa shape index (κ2) is 16.0. The summed E-state index contributed by atoms with van der Waals surface area (Å²) in [5.41, 5.74) is 1.22. The van der Waals surface area contributed by atoms with E-state index in [4.69, 9.17) is 4.74 Å². The van der Waals surface area contributed by atoms with Gasteiger partial charge in [0.2, 0.25) is 5.91 Å². The first-order valence-corrected chi connectivity index (χ1v) is 11.3. The minimum absolute atomic E-state index is 0.0512. The van der Waals surface area contributed by atoms with Gasteiger partial charge < -0.3 is 10.1 Å². The lowest BCUT2D eigenvalue weighted by molar-refractivity contribution is -0.125. The van der Waals surface area contributed by atoms with E-state index in [-0.39, 0.29) is 17.9 Å². The molecule has 0 saturated heterocycles. The van der Waals surface area contributed by atoms with Gasteiger partial charge in [0.25, 0.3) is 0 Å². The van der Waals surface area contributed by atoms with Gasteiger partial charge in [-0.15, -0.1) is 13.2 Å². The molecular weight excluding hydrogens is 358 g/mol. The maximum Gasteiger partial charge on any atom is 0.223 e. The van der Waals surface area contributed by atoms with E-state index < -0.39 is 0 Å². The van der Waals surface area contributed by atoms with Crippen LogP contribution >= 0.6 is 0 Å². The summed E-state index contributed by atoms with van der Waals surface area (Å²) in [6.45, 7) is 13.3. The van der Waals surface area contributed by atoms with Crippen LogP contribution in [0.4, 0.5) is 0 Å². The average molecular weight is 400 g/mol. The summed E-state index contributed by atoms with van der Waals surface area (Å²) < 4.78 is 6.36. The number of allylic oxidation sites excluding steroid dienone is 2. The molecular formula is C26H41NO2. The summed E-state index contributed by atoms with van der Waals surface area (Å²) in [5.74, 6) is 0.717. The van der Waals surface area contributed by atoms with E-state index in [2.05, 4.69) is 56.6 Å². The molecule has 3 atom stereocenters. The molecule has 0 bridgehead atoms. The molecule has 3 nitrogen and oxygen atoms in total. The first-order valence-electron chi connectivity index (χ1n) is 11.3. The fourth-order valence-corrected chi connectivity index (χ4v) is 3.73. The van der Waals surface area contributed by atoms with Gasteiger partial charge >= 0.3 is 0 Å². The van der Waals surface area contributed by atoms with E-state index in [0.717, 1.165) is 57.9 Å². The maximum atomic E-state index is 12.3. The van der Waals surface area contributed by atoms with E-state index >= 15 is 0 Å². The zero-order valence-electron chi connectivity index (χ0n) is 18.6. The molecule has 1 amide bonds. The van der Waals surface area contributed by atoms with Crippen LogP contribution in [-0.4, -0.2) is 18.6 Å². The van der Waals surface area contributed by atoms with Gasteiger partial charge in [0.15, 0.2) is 0 Å². The number of carbonyl (C=O) groups excluding carboxylic acids is 1. The lowest BCUT2D eigenvalue weighted by atomic mass is 9.90. The Balaban J connectivity index is 2.51. The molecule has 162 valence electrons. The molecule has 1 aromatic rings. The van der Waals surface area contributed by atoms with Crippen LogP contribution in [0, 0.1) is 11.8 Å². The van der Waals surface area contributed by atoms with Crippen LogP contribution in [0.1, 0.15) is 70.8 Å². The molecule has 0 spiro atoms. The topological polar surface area (TPSA) is 38.3 Å². The third-order valence-corrected chi connectivity index (χ3v) is 5.62. The molecule has 29 heavy (non-hydrogen) atoms. The molecule has 0 unspecified atom stereocenters. The number of hydrogen-bond acceptors (Lipinski definition) is 2. The Labute approximate surface area is 178 Å². The highest BCUT2D eigenvalue weighted by atomic mass is 16.5. The van der Waals surface area contributed by atoms with Gasteiger partial charge in [-0.2, -0.15) is 0 Å².